The quantitative estimate of drug-likeness (QED) is 0.277. The van der Waals surface area contributed by atoms with E-state index >= 15 is 0 Å². The Labute approximate surface area is 146 Å². The van der Waals surface area contributed by atoms with E-state index < -0.39 is 18.2 Å². The Hall–Kier alpha value is -1.36. The Morgan fingerprint density at radius 1 is 1.04 bits per heavy atom. The molecule has 0 aliphatic rings. The molecule has 1 N–H and O–H groups in total. The summed E-state index contributed by atoms with van der Waals surface area (Å²) in [6.07, 6.45) is 10.3. The number of ether oxygens (including phenoxy) is 2. The molecule has 5 nitrogen and oxygen atoms in total. The Morgan fingerprint density at radius 2 is 1.58 bits per heavy atom. The molecule has 0 radical (unpaired) electrons. The van der Waals surface area contributed by atoms with E-state index in [9.17, 15) is 14.7 Å². The Morgan fingerprint density at radius 3 is 2.12 bits per heavy atom. The molecular weight excluding hydrogens is 308 g/mol. The highest BCUT2D eigenvalue weighted by Gasteiger charge is 2.19. The minimum Gasteiger partial charge on any atom is -0.463 e. The molecule has 2 atom stereocenters. The maximum absolute atomic E-state index is 11.6. The van der Waals surface area contributed by atoms with E-state index in [0.29, 0.717) is 6.42 Å². The zero-order valence-corrected chi connectivity index (χ0v) is 15.3. The predicted molar refractivity (Wildman–Crippen MR) is 94.6 cm³/mol. The summed E-state index contributed by atoms with van der Waals surface area (Å²) in [5.74, 6) is -0.929. The van der Waals surface area contributed by atoms with E-state index in [-0.39, 0.29) is 12.6 Å². The van der Waals surface area contributed by atoms with Crippen molar-refractivity contribution in [2.45, 2.75) is 90.3 Å². The van der Waals surface area contributed by atoms with Crippen LogP contribution in [0, 0.1) is 0 Å². The van der Waals surface area contributed by atoms with Crippen LogP contribution in [0.15, 0.2) is 12.7 Å². The molecule has 24 heavy (non-hydrogen) atoms. The van der Waals surface area contributed by atoms with E-state index in [1.807, 2.05) is 0 Å². The fourth-order valence-electron chi connectivity index (χ4n) is 2.28. The van der Waals surface area contributed by atoms with Gasteiger partial charge in [-0.3, -0.25) is 4.79 Å². The summed E-state index contributed by atoms with van der Waals surface area (Å²) in [5.41, 5.74) is 0. The van der Waals surface area contributed by atoms with Crippen molar-refractivity contribution in [1.29, 1.82) is 0 Å². The van der Waals surface area contributed by atoms with Crippen LogP contribution in [0.5, 0.6) is 0 Å². The lowest BCUT2D eigenvalue weighted by molar-refractivity contribution is -0.155. The molecule has 0 aromatic heterocycles. The van der Waals surface area contributed by atoms with E-state index in [1.165, 1.54) is 38.5 Å². The molecule has 0 aliphatic heterocycles. The van der Waals surface area contributed by atoms with Crippen molar-refractivity contribution in [2.24, 2.45) is 0 Å². The van der Waals surface area contributed by atoms with Gasteiger partial charge in [0.25, 0.3) is 0 Å². The van der Waals surface area contributed by atoms with Crippen molar-refractivity contribution in [2.75, 3.05) is 6.61 Å². The predicted octanol–water partition coefficient (Wildman–Crippen LogP) is 3.93. The van der Waals surface area contributed by atoms with Gasteiger partial charge < -0.3 is 14.6 Å². The summed E-state index contributed by atoms with van der Waals surface area (Å²) < 4.78 is 9.86. The zero-order valence-electron chi connectivity index (χ0n) is 15.3. The van der Waals surface area contributed by atoms with Crippen LogP contribution in [0.1, 0.15) is 78.1 Å². The van der Waals surface area contributed by atoms with Crippen LogP contribution in [-0.4, -0.2) is 35.9 Å². The van der Waals surface area contributed by atoms with Crippen molar-refractivity contribution in [1.82, 2.24) is 0 Å². The van der Waals surface area contributed by atoms with Crippen LogP contribution in [0.4, 0.5) is 0 Å². The van der Waals surface area contributed by atoms with Gasteiger partial charge >= 0.3 is 11.9 Å². The number of aliphatic hydroxyl groups excluding tert-OH is 1. The second-order valence-electron chi connectivity index (χ2n) is 6.17. The second kappa shape index (κ2) is 15.2. The molecule has 0 bridgehead atoms. The summed E-state index contributed by atoms with van der Waals surface area (Å²) in [7, 11) is 0. The molecular formula is C19H34O5. The Kier molecular flexibility index (Phi) is 14.3. The highest BCUT2D eigenvalue weighted by molar-refractivity contribution is 5.81. The van der Waals surface area contributed by atoms with Crippen LogP contribution in [-0.2, 0) is 19.1 Å². The smallest absolute Gasteiger partial charge is 0.330 e. The number of carbonyl (C=O) groups is 2. The van der Waals surface area contributed by atoms with Crippen molar-refractivity contribution >= 4 is 11.9 Å². The summed E-state index contributed by atoms with van der Waals surface area (Å²) in [5, 5.41) is 9.75. The van der Waals surface area contributed by atoms with Gasteiger partial charge in [0, 0.05) is 12.5 Å². The van der Waals surface area contributed by atoms with Gasteiger partial charge in [-0.2, -0.15) is 0 Å². The molecule has 2 unspecified atom stereocenters. The average molecular weight is 342 g/mol. The lowest BCUT2D eigenvalue weighted by Crippen LogP contribution is -2.32. The molecule has 0 aliphatic carbocycles. The standard InChI is InChI=1S/C19H34O5/c1-4-6-7-8-9-10-11-12-13-14-19(22)23-15-17(20)16(3)24-18(21)5-2/h5,16-17,20H,2,4,6-15H2,1,3H3. The van der Waals surface area contributed by atoms with E-state index in [0.717, 1.165) is 25.3 Å². The molecule has 0 saturated heterocycles. The average Bonchev–Trinajstić information content (AvgIpc) is 2.57. The number of hydrogen-bond donors (Lipinski definition) is 1. The first-order chi connectivity index (χ1) is 11.5. The van der Waals surface area contributed by atoms with Crippen molar-refractivity contribution < 1.29 is 24.2 Å². The largest absolute Gasteiger partial charge is 0.463 e. The minimum absolute atomic E-state index is 0.165. The number of unbranched alkanes of at least 4 members (excludes halogenated alkanes) is 8. The highest BCUT2D eigenvalue weighted by Crippen LogP contribution is 2.11. The SMILES string of the molecule is C=CC(=O)OC(C)C(O)COC(=O)CCCCCCCCCCC. The molecule has 0 heterocycles. The molecule has 0 aromatic carbocycles. The van der Waals surface area contributed by atoms with Gasteiger partial charge in [-0.15, -0.1) is 0 Å². The zero-order chi connectivity index (χ0) is 18.2. The molecule has 0 rings (SSSR count). The Balaban J connectivity index is 3.55. The van der Waals surface area contributed by atoms with Crippen molar-refractivity contribution in [3.8, 4) is 0 Å². The lowest BCUT2D eigenvalue weighted by atomic mass is 10.1. The summed E-state index contributed by atoms with van der Waals surface area (Å²) >= 11 is 0. The van der Waals surface area contributed by atoms with Crippen LogP contribution >= 0.6 is 0 Å². The molecule has 0 fully saturated rings. The third-order valence-electron chi connectivity index (χ3n) is 3.91. The highest BCUT2D eigenvalue weighted by atomic mass is 16.6. The Bertz CT molecular complexity index is 354. The second-order valence-corrected chi connectivity index (χ2v) is 6.17. The number of hydrogen-bond acceptors (Lipinski definition) is 5. The third kappa shape index (κ3) is 13.1. The van der Waals surface area contributed by atoms with Gasteiger partial charge in [-0.25, -0.2) is 4.79 Å². The van der Waals surface area contributed by atoms with Gasteiger partial charge in [0.15, 0.2) is 0 Å². The van der Waals surface area contributed by atoms with Crippen LogP contribution < -0.4 is 0 Å². The fraction of sp³-hybridized carbons (Fsp3) is 0.789. The normalized spacial score (nSPS) is 13.1. The van der Waals surface area contributed by atoms with Crippen LogP contribution in [0.2, 0.25) is 0 Å². The van der Waals surface area contributed by atoms with E-state index in [1.54, 1.807) is 6.92 Å². The summed E-state index contributed by atoms with van der Waals surface area (Å²) in [6.45, 7) is 6.87. The van der Waals surface area contributed by atoms with Crippen molar-refractivity contribution in [3.63, 3.8) is 0 Å². The lowest BCUT2D eigenvalue weighted by Gasteiger charge is -2.18. The van der Waals surface area contributed by atoms with Gasteiger partial charge in [0.2, 0.25) is 0 Å². The van der Waals surface area contributed by atoms with E-state index in [4.69, 9.17) is 9.47 Å². The van der Waals surface area contributed by atoms with Gasteiger partial charge in [-0.1, -0.05) is 64.9 Å². The monoisotopic (exact) mass is 342 g/mol. The number of esters is 2. The molecule has 0 aromatic rings. The first-order valence-corrected chi connectivity index (χ1v) is 9.18. The molecule has 0 saturated carbocycles. The fourth-order valence-corrected chi connectivity index (χ4v) is 2.28. The molecule has 5 heteroatoms. The first-order valence-electron chi connectivity index (χ1n) is 9.18. The van der Waals surface area contributed by atoms with Gasteiger partial charge in [0.05, 0.1) is 0 Å². The summed E-state index contributed by atoms with van der Waals surface area (Å²) in [6, 6.07) is 0. The maximum Gasteiger partial charge on any atom is 0.330 e. The van der Waals surface area contributed by atoms with Gasteiger partial charge in [0.1, 0.15) is 18.8 Å². The summed E-state index contributed by atoms with van der Waals surface area (Å²) in [4.78, 5) is 22.6. The molecule has 0 amide bonds. The van der Waals surface area contributed by atoms with Gasteiger partial charge in [-0.05, 0) is 13.3 Å². The number of rotatable bonds is 15. The third-order valence-corrected chi connectivity index (χ3v) is 3.91. The maximum atomic E-state index is 11.6. The molecule has 140 valence electrons. The minimum atomic E-state index is -1.03. The van der Waals surface area contributed by atoms with Crippen LogP contribution in [0.3, 0.4) is 0 Å². The first kappa shape index (κ1) is 22.6. The topological polar surface area (TPSA) is 72.8 Å². The van der Waals surface area contributed by atoms with E-state index in [2.05, 4.69) is 13.5 Å². The van der Waals surface area contributed by atoms with Crippen LogP contribution in [0.25, 0.3) is 0 Å². The number of carbonyl (C=O) groups excluding carboxylic acids is 2. The molecule has 0 spiro atoms. The number of aliphatic hydroxyl groups is 1. The van der Waals surface area contributed by atoms with Crippen molar-refractivity contribution in [3.05, 3.63) is 12.7 Å².